The van der Waals surface area contributed by atoms with Crippen molar-refractivity contribution in [1.82, 2.24) is 30.8 Å². The molecule has 0 spiro atoms. The van der Waals surface area contributed by atoms with Crippen LogP contribution in [0.15, 0.2) is 30.6 Å². The molecule has 1 heterocycles. The number of aromatic nitrogens is 4. The molecule has 1 aromatic heterocycles. The first-order valence-corrected chi connectivity index (χ1v) is 10.4. The molecular formula is C21H30N6O3. The van der Waals surface area contributed by atoms with Gasteiger partial charge in [-0.1, -0.05) is 37.8 Å². The van der Waals surface area contributed by atoms with E-state index in [9.17, 15) is 9.59 Å². The SMILES string of the molecule is CC(C)(C)OC(=O)NC1(CNC(=O)c2ccccc2-n2cnnn2)CCCCCC1. The van der Waals surface area contributed by atoms with E-state index < -0.39 is 17.2 Å². The molecule has 1 aliphatic carbocycles. The Morgan fingerprint density at radius 3 is 2.47 bits per heavy atom. The van der Waals surface area contributed by atoms with Crippen LogP contribution < -0.4 is 10.6 Å². The molecule has 162 valence electrons. The van der Waals surface area contributed by atoms with Gasteiger partial charge in [0.15, 0.2) is 0 Å². The Balaban J connectivity index is 1.74. The fraction of sp³-hybridized carbons (Fsp3) is 0.571. The summed E-state index contributed by atoms with van der Waals surface area (Å²) >= 11 is 0. The van der Waals surface area contributed by atoms with Crippen LogP contribution in [0.4, 0.5) is 4.79 Å². The van der Waals surface area contributed by atoms with Gasteiger partial charge in [0.2, 0.25) is 0 Å². The molecule has 2 N–H and O–H groups in total. The summed E-state index contributed by atoms with van der Waals surface area (Å²) < 4.78 is 6.93. The number of alkyl carbamates (subject to hydrolysis) is 1. The van der Waals surface area contributed by atoms with E-state index in [2.05, 4.69) is 26.2 Å². The number of tetrazole rings is 1. The molecule has 1 aromatic carbocycles. The second-order valence-corrected chi connectivity index (χ2v) is 8.78. The molecule has 9 heteroatoms. The Hall–Kier alpha value is -2.97. The summed E-state index contributed by atoms with van der Waals surface area (Å²) in [6, 6.07) is 7.13. The smallest absolute Gasteiger partial charge is 0.408 e. The van der Waals surface area contributed by atoms with Crippen molar-refractivity contribution >= 4 is 12.0 Å². The Labute approximate surface area is 176 Å². The number of amides is 2. The lowest BCUT2D eigenvalue weighted by atomic mass is 9.90. The van der Waals surface area contributed by atoms with Crippen LogP contribution in [0.5, 0.6) is 0 Å². The second kappa shape index (κ2) is 9.23. The summed E-state index contributed by atoms with van der Waals surface area (Å²) in [6.07, 6.45) is 6.81. The third kappa shape index (κ3) is 5.77. The summed E-state index contributed by atoms with van der Waals surface area (Å²) in [5.41, 5.74) is -0.0525. The van der Waals surface area contributed by atoms with Gasteiger partial charge in [-0.2, -0.15) is 4.68 Å². The lowest BCUT2D eigenvalue weighted by Crippen LogP contribution is -2.56. The summed E-state index contributed by atoms with van der Waals surface area (Å²) in [6.45, 7) is 5.84. The van der Waals surface area contributed by atoms with Crippen LogP contribution in [0.3, 0.4) is 0 Å². The molecule has 0 bridgehead atoms. The summed E-state index contributed by atoms with van der Waals surface area (Å²) in [5.74, 6) is -0.240. The Morgan fingerprint density at radius 1 is 1.13 bits per heavy atom. The quantitative estimate of drug-likeness (QED) is 0.728. The van der Waals surface area contributed by atoms with Crippen molar-refractivity contribution in [2.45, 2.75) is 70.4 Å². The van der Waals surface area contributed by atoms with Crippen LogP contribution in [0.1, 0.15) is 69.7 Å². The molecule has 0 unspecified atom stereocenters. The van der Waals surface area contributed by atoms with Gasteiger partial charge in [0.1, 0.15) is 11.9 Å². The van der Waals surface area contributed by atoms with Gasteiger partial charge in [-0.15, -0.1) is 5.10 Å². The molecule has 0 saturated heterocycles. The summed E-state index contributed by atoms with van der Waals surface area (Å²) in [7, 11) is 0. The Morgan fingerprint density at radius 2 is 1.83 bits per heavy atom. The van der Waals surface area contributed by atoms with E-state index in [0.717, 1.165) is 38.5 Å². The highest BCUT2D eigenvalue weighted by molar-refractivity contribution is 5.97. The van der Waals surface area contributed by atoms with Gasteiger partial charge in [0.25, 0.3) is 5.91 Å². The van der Waals surface area contributed by atoms with E-state index in [-0.39, 0.29) is 5.91 Å². The normalized spacial score (nSPS) is 16.4. The maximum absolute atomic E-state index is 13.0. The van der Waals surface area contributed by atoms with Gasteiger partial charge in [-0.05, 0) is 56.2 Å². The molecule has 0 aliphatic heterocycles. The lowest BCUT2D eigenvalue weighted by molar-refractivity contribution is 0.0437. The molecule has 3 rings (SSSR count). The molecule has 1 fully saturated rings. The molecule has 1 aliphatic rings. The van der Waals surface area contributed by atoms with Crippen molar-refractivity contribution in [2.75, 3.05) is 6.54 Å². The minimum Gasteiger partial charge on any atom is -0.444 e. The van der Waals surface area contributed by atoms with Gasteiger partial charge in [0.05, 0.1) is 16.8 Å². The molecule has 1 saturated carbocycles. The maximum atomic E-state index is 13.0. The minimum atomic E-state index is -0.579. The third-order valence-electron chi connectivity index (χ3n) is 5.16. The summed E-state index contributed by atoms with van der Waals surface area (Å²) in [4.78, 5) is 25.5. The number of carbonyl (C=O) groups excluding carboxylic acids is 2. The van der Waals surface area contributed by atoms with Crippen molar-refractivity contribution in [3.63, 3.8) is 0 Å². The van der Waals surface area contributed by atoms with Crippen molar-refractivity contribution in [1.29, 1.82) is 0 Å². The van der Waals surface area contributed by atoms with E-state index in [1.807, 2.05) is 26.8 Å². The van der Waals surface area contributed by atoms with Crippen LogP contribution in [0, 0.1) is 0 Å². The minimum absolute atomic E-state index is 0.240. The number of benzene rings is 1. The molecule has 30 heavy (non-hydrogen) atoms. The lowest BCUT2D eigenvalue weighted by Gasteiger charge is -2.35. The van der Waals surface area contributed by atoms with Crippen LogP contribution >= 0.6 is 0 Å². The first-order chi connectivity index (χ1) is 14.3. The first-order valence-electron chi connectivity index (χ1n) is 10.4. The van der Waals surface area contributed by atoms with Crippen LogP contribution in [-0.2, 0) is 4.74 Å². The van der Waals surface area contributed by atoms with Gasteiger partial charge >= 0.3 is 6.09 Å². The molecule has 9 nitrogen and oxygen atoms in total. The number of nitrogens with one attached hydrogen (secondary N) is 2. The fourth-order valence-corrected chi connectivity index (χ4v) is 3.75. The van der Waals surface area contributed by atoms with Crippen molar-refractivity contribution in [3.05, 3.63) is 36.2 Å². The molecule has 0 atom stereocenters. The first kappa shape index (κ1) is 21.7. The number of hydrogen-bond acceptors (Lipinski definition) is 6. The van der Waals surface area contributed by atoms with Gasteiger partial charge < -0.3 is 15.4 Å². The van der Waals surface area contributed by atoms with Gasteiger partial charge in [-0.3, -0.25) is 4.79 Å². The zero-order chi connectivity index (χ0) is 21.6. The predicted molar refractivity (Wildman–Crippen MR) is 111 cm³/mol. The van der Waals surface area contributed by atoms with E-state index in [1.165, 1.54) is 11.0 Å². The van der Waals surface area contributed by atoms with Crippen molar-refractivity contribution in [3.8, 4) is 5.69 Å². The average Bonchev–Trinajstić information content (AvgIpc) is 3.12. The number of rotatable bonds is 5. The average molecular weight is 415 g/mol. The van der Waals surface area contributed by atoms with E-state index >= 15 is 0 Å². The number of nitrogens with zero attached hydrogens (tertiary/aromatic N) is 4. The molecule has 0 radical (unpaired) electrons. The monoisotopic (exact) mass is 414 g/mol. The van der Waals surface area contributed by atoms with Gasteiger partial charge in [-0.25, -0.2) is 4.79 Å². The highest BCUT2D eigenvalue weighted by Crippen LogP contribution is 2.27. The zero-order valence-electron chi connectivity index (χ0n) is 17.9. The number of para-hydroxylation sites is 1. The molecular weight excluding hydrogens is 384 g/mol. The Kier molecular flexibility index (Phi) is 6.69. The predicted octanol–water partition coefficient (Wildman–Crippen LogP) is 3.01. The Bertz CT molecular complexity index is 852. The van der Waals surface area contributed by atoms with Crippen molar-refractivity contribution in [2.24, 2.45) is 0 Å². The summed E-state index contributed by atoms with van der Waals surface area (Å²) in [5, 5.41) is 17.2. The van der Waals surface area contributed by atoms with E-state index in [0.29, 0.717) is 17.8 Å². The van der Waals surface area contributed by atoms with Crippen LogP contribution in [-0.4, -0.2) is 49.9 Å². The van der Waals surface area contributed by atoms with Crippen LogP contribution in [0.25, 0.3) is 5.69 Å². The zero-order valence-corrected chi connectivity index (χ0v) is 17.9. The van der Waals surface area contributed by atoms with Crippen LogP contribution in [0.2, 0.25) is 0 Å². The number of hydrogen-bond donors (Lipinski definition) is 2. The van der Waals surface area contributed by atoms with Gasteiger partial charge in [0, 0.05) is 6.54 Å². The standard InChI is InChI=1S/C21H30N6O3/c1-20(2,3)30-19(29)24-21(12-8-4-5-9-13-21)14-22-18(28)16-10-6-7-11-17(16)27-15-23-25-26-27/h6-7,10-11,15H,4-5,8-9,12-14H2,1-3H3,(H,22,28)(H,24,29). The topological polar surface area (TPSA) is 111 Å². The fourth-order valence-electron chi connectivity index (χ4n) is 3.75. The van der Waals surface area contributed by atoms with Crippen molar-refractivity contribution < 1.29 is 14.3 Å². The largest absolute Gasteiger partial charge is 0.444 e. The highest BCUT2D eigenvalue weighted by Gasteiger charge is 2.35. The van der Waals surface area contributed by atoms with E-state index in [1.54, 1.807) is 18.2 Å². The second-order valence-electron chi connectivity index (χ2n) is 8.78. The third-order valence-corrected chi connectivity index (χ3v) is 5.16. The molecule has 2 amide bonds. The molecule has 2 aromatic rings. The maximum Gasteiger partial charge on any atom is 0.408 e. The highest BCUT2D eigenvalue weighted by atomic mass is 16.6. The van der Waals surface area contributed by atoms with E-state index in [4.69, 9.17) is 4.74 Å². The number of ether oxygens (including phenoxy) is 1. The number of carbonyl (C=O) groups is 2.